The van der Waals surface area contributed by atoms with E-state index in [4.69, 9.17) is 15.6 Å². The predicted molar refractivity (Wildman–Crippen MR) is 41.3 cm³/mol. The molecule has 1 heterocycles. The molecule has 4 heteroatoms. The summed E-state index contributed by atoms with van der Waals surface area (Å²) in [5.41, 5.74) is 5.61. The van der Waals surface area contributed by atoms with Gasteiger partial charge in [-0.25, -0.2) is 0 Å². The van der Waals surface area contributed by atoms with Gasteiger partial charge in [-0.15, -0.1) is 12.4 Å². The zero-order valence-corrected chi connectivity index (χ0v) is 6.64. The van der Waals surface area contributed by atoms with Crippen LogP contribution in [-0.4, -0.2) is 30.5 Å². The molecule has 0 unspecified atom stereocenters. The summed E-state index contributed by atoms with van der Waals surface area (Å²) in [5, 5.41) is 8.63. The third-order valence-corrected chi connectivity index (χ3v) is 1.61. The van der Waals surface area contributed by atoms with Crippen LogP contribution in [0.25, 0.3) is 0 Å². The van der Waals surface area contributed by atoms with Gasteiger partial charge in [-0.1, -0.05) is 0 Å². The second-order valence-corrected chi connectivity index (χ2v) is 2.46. The van der Waals surface area contributed by atoms with E-state index in [1.54, 1.807) is 0 Å². The maximum absolute atomic E-state index is 8.63. The van der Waals surface area contributed by atoms with Crippen molar-refractivity contribution in [3.8, 4) is 0 Å². The SMILES string of the molecule is Cl.N[C@@H]1CCO[C@@H](CO)C1. The first kappa shape index (κ1) is 10.2. The highest BCUT2D eigenvalue weighted by Gasteiger charge is 2.17. The molecule has 1 aliphatic rings. The van der Waals surface area contributed by atoms with E-state index in [-0.39, 0.29) is 31.2 Å². The summed E-state index contributed by atoms with van der Waals surface area (Å²) < 4.78 is 5.17. The van der Waals surface area contributed by atoms with Crippen LogP contribution in [0.4, 0.5) is 0 Å². The van der Waals surface area contributed by atoms with Gasteiger partial charge >= 0.3 is 0 Å². The molecule has 3 N–H and O–H groups in total. The molecule has 0 amide bonds. The third-order valence-electron chi connectivity index (χ3n) is 1.61. The van der Waals surface area contributed by atoms with Gasteiger partial charge in [0.25, 0.3) is 0 Å². The van der Waals surface area contributed by atoms with E-state index in [9.17, 15) is 0 Å². The van der Waals surface area contributed by atoms with Gasteiger partial charge in [-0.05, 0) is 12.8 Å². The van der Waals surface area contributed by atoms with E-state index in [1.807, 2.05) is 0 Å². The standard InChI is InChI=1S/C6H13NO2.ClH/c7-5-1-2-9-6(3-5)4-8;/h5-6,8H,1-4,7H2;1H/t5-,6-;/m1./s1. The van der Waals surface area contributed by atoms with Gasteiger partial charge in [0.2, 0.25) is 0 Å². The third kappa shape index (κ3) is 2.84. The fraction of sp³-hybridized carbons (Fsp3) is 1.00. The molecular formula is C6H14ClNO2. The Hall–Kier alpha value is 0.170. The lowest BCUT2D eigenvalue weighted by molar-refractivity contribution is -0.0237. The number of nitrogens with two attached hydrogens (primary N) is 1. The maximum atomic E-state index is 8.63. The van der Waals surface area contributed by atoms with Crippen molar-refractivity contribution in [1.29, 1.82) is 0 Å². The monoisotopic (exact) mass is 167 g/mol. The van der Waals surface area contributed by atoms with Gasteiger partial charge in [0.1, 0.15) is 0 Å². The Morgan fingerprint density at radius 2 is 2.30 bits per heavy atom. The number of aliphatic hydroxyl groups is 1. The number of aliphatic hydroxyl groups excluding tert-OH is 1. The van der Waals surface area contributed by atoms with Crippen molar-refractivity contribution in [3.63, 3.8) is 0 Å². The Morgan fingerprint density at radius 1 is 1.60 bits per heavy atom. The van der Waals surface area contributed by atoms with Crippen molar-refractivity contribution in [3.05, 3.63) is 0 Å². The molecular weight excluding hydrogens is 154 g/mol. The first-order chi connectivity index (χ1) is 4.33. The summed E-state index contributed by atoms with van der Waals surface area (Å²) in [5.74, 6) is 0. The van der Waals surface area contributed by atoms with Gasteiger partial charge in [0.05, 0.1) is 12.7 Å². The van der Waals surface area contributed by atoms with Gasteiger partial charge < -0.3 is 15.6 Å². The summed E-state index contributed by atoms with van der Waals surface area (Å²) >= 11 is 0. The van der Waals surface area contributed by atoms with Gasteiger partial charge in [0, 0.05) is 12.6 Å². The molecule has 3 nitrogen and oxygen atoms in total. The van der Waals surface area contributed by atoms with Crippen LogP contribution >= 0.6 is 12.4 Å². The largest absolute Gasteiger partial charge is 0.394 e. The summed E-state index contributed by atoms with van der Waals surface area (Å²) in [6.45, 7) is 0.806. The summed E-state index contributed by atoms with van der Waals surface area (Å²) in [4.78, 5) is 0. The van der Waals surface area contributed by atoms with E-state index >= 15 is 0 Å². The molecule has 1 rings (SSSR count). The van der Waals surface area contributed by atoms with Crippen LogP contribution in [0.2, 0.25) is 0 Å². The predicted octanol–water partition coefficient (Wildman–Crippen LogP) is -0.0932. The van der Waals surface area contributed by atoms with Crippen LogP contribution < -0.4 is 5.73 Å². The normalized spacial score (nSPS) is 33.0. The molecule has 0 spiro atoms. The Kier molecular flexibility index (Phi) is 4.99. The average molecular weight is 168 g/mol. The van der Waals surface area contributed by atoms with Crippen LogP contribution in [0, 0.1) is 0 Å². The van der Waals surface area contributed by atoms with Gasteiger partial charge in [-0.3, -0.25) is 0 Å². The van der Waals surface area contributed by atoms with Crippen molar-refractivity contribution in [2.24, 2.45) is 5.73 Å². The molecule has 10 heavy (non-hydrogen) atoms. The van der Waals surface area contributed by atoms with Crippen molar-refractivity contribution in [2.75, 3.05) is 13.2 Å². The lowest BCUT2D eigenvalue weighted by atomic mass is 10.1. The highest BCUT2D eigenvalue weighted by atomic mass is 35.5. The van der Waals surface area contributed by atoms with Crippen molar-refractivity contribution in [1.82, 2.24) is 0 Å². The van der Waals surface area contributed by atoms with Gasteiger partial charge in [0.15, 0.2) is 0 Å². The smallest absolute Gasteiger partial charge is 0.0820 e. The number of rotatable bonds is 1. The minimum absolute atomic E-state index is 0. The zero-order chi connectivity index (χ0) is 6.69. The van der Waals surface area contributed by atoms with Crippen molar-refractivity contribution in [2.45, 2.75) is 25.0 Å². The van der Waals surface area contributed by atoms with Crippen LogP contribution in [0.15, 0.2) is 0 Å². The minimum atomic E-state index is -0.00579. The van der Waals surface area contributed by atoms with Crippen LogP contribution in [-0.2, 0) is 4.74 Å². The Labute approximate surface area is 67.0 Å². The molecule has 0 aliphatic carbocycles. The van der Waals surface area contributed by atoms with E-state index < -0.39 is 0 Å². The van der Waals surface area contributed by atoms with E-state index in [0.29, 0.717) is 6.61 Å². The highest BCUT2D eigenvalue weighted by Crippen LogP contribution is 2.10. The molecule has 1 saturated heterocycles. The topological polar surface area (TPSA) is 55.5 Å². The highest BCUT2D eigenvalue weighted by molar-refractivity contribution is 5.85. The number of hydrogen-bond acceptors (Lipinski definition) is 3. The molecule has 1 aliphatic heterocycles. The quantitative estimate of drug-likeness (QED) is 0.574. The Bertz CT molecular complexity index is 91.8. The summed E-state index contributed by atoms with van der Waals surface area (Å²) in [6.07, 6.45) is 1.72. The first-order valence-electron chi connectivity index (χ1n) is 3.31. The van der Waals surface area contributed by atoms with E-state index in [1.165, 1.54) is 0 Å². The molecule has 0 aromatic rings. The maximum Gasteiger partial charge on any atom is 0.0820 e. The van der Waals surface area contributed by atoms with Gasteiger partial charge in [-0.2, -0.15) is 0 Å². The summed E-state index contributed by atoms with van der Waals surface area (Å²) in [7, 11) is 0. The second kappa shape index (κ2) is 4.91. The second-order valence-electron chi connectivity index (χ2n) is 2.46. The van der Waals surface area contributed by atoms with E-state index in [2.05, 4.69) is 0 Å². The molecule has 1 fully saturated rings. The fourth-order valence-corrected chi connectivity index (χ4v) is 1.04. The van der Waals surface area contributed by atoms with Crippen molar-refractivity contribution < 1.29 is 9.84 Å². The minimum Gasteiger partial charge on any atom is -0.394 e. The number of hydrogen-bond donors (Lipinski definition) is 2. The molecule has 0 radical (unpaired) electrons. The number of halogens is 1. The van der Waals surface area contributed by atoms with Crippen molar-refractivity contribution >= 4 is 12.4 Å². The fourth-order valence-electron chi connectivity index (χ4n) is 1.04. The van der Waals surface area contributed by atoms with E-state index in [0.717, 1.165) is 12.8 Å². The summed E-state index contributed by atoms with van der Waals surface area (Å²) in [6, 6.07) is 0.232. The zero-order valence-electron chi connectivity index (χ0n) is 5.82. The van der Waals surface area contributed by atoms with Crippen LogP contribution in [0.3, 0.4) is 0 Å². The lowest BCUT2D eigenvalue weighted by Gasteiger charge is -2.25. The molecule has 0 aromatic carbocycles. The lowest BCUT2D eigenvalue weighted by Crippen LogP contribution is -2.36. The molecule has 2 atom stereocenters. The average Bonchev–Trinajstić information content (AvgIpc) is 1.88. The van der Waals surface area contributed by atoms with Crippen LogP contribution in [0.1, 0.15) is 12.8 Å². The molecule has 62 valence electrons. The van der Waals surface area contributed by atoms with Crippen LogP contribution in [0.5, 0.6) is 0 Å². The first-order valence-corrected chi connectivity index (χ1v) is 3.31. The Morgan fingerprint density at radius 3 is 2.70 bits per heavy atom. The number of ether oxygens (including phenoxy) is 1. The molecule has 0 saturated carbocycles. The molecule has 0 aromatic heterocycles. The molecule has 0 bridgehead atoms. The Balaban J connectivity index is 0.000000810.